The normalized spacial score (nSPS) is 10.7. The number of hydrogen-bond donors (Lipinski definition) is 2. The highest BCUT2D eigenvalue weighted by Gasteiger charge is 2.15. The molecule has 0 spiro atoms. The molecular formula is C19H15N5O2. The van der Waals surface area contributed by atoms with Crippen LogP contribution >= 0.6 is 0 Å². The zero-order valence-electron chi connectivity index (χ0n) is 14.2. The van der Waals surface area contributed by atoms with E-state index in [1.807, 2.05) is 24.3 Å². The first kappa shape index (κ1) is 15.7. The number of H-pyrrole nitrogens is 1. The van der Waals surface area contributed by atoms with E-state index in [0.717, 1.165) is 22.0 Å². The Morgan fingerprint density at radius 2 is 2.00 bits per heavy atom. The number of methoxy groups -OCH3 is 2. The number of benzene rings is 2. The van der Waals surface area contributed by atoms with E-state index >= 15 is 0 Å². The van der Waals surface area contributed by atoms with Gasteiger partial charge in [-0.3, -0.25) is 10.1 Å². The molecule has 0 aliphatic heterocycles. The quantitative estimate of drug-likeness (QED) is 0.585. The predicted octanol–water partition coefficient (Wildman–Crippen LogP) is 3.74. The number of hydrogen-bond acceptors (Lipinski definition) is 6. The van der Waals surface area contributed by atoms with Crippen LogP contribution in [-0.2, 0) is 0 Å². The lowest BCUT2D eigenvalue weighted by Gasteiger charge is -2.15. The molecule has 7 heteroatoms. The topological polar surface area (TPSA) is 95.9 Å². The number of rotatable bonds is 4. The van der Waals surface area contributed by atoms with E-state index < -0.39 is 0 Å². The van der Waals surface area contributed by atoms with Crippen molar-refractivity contribution in [3.63, 3.8) is 0 Å². The molecule has 2 aromatic heterocycles. The van der Waals surface area contributed by atoms with E-state index in [4.69, 9.17) is 9.47 Å². The molecule has 26 heavy (non-hydrogen) atoms. The zero-order valence-corrected chi connectivity index (χ0v) is 14.2. The minimum absolute atomic E-state index is 0.424. The van der Waals surface area contributed by atoms with Crippen LogP contribution in [0.15, 0.2) is 42.7 Å². The minimum atomic E-state index is 0.424. The molecule has 0 radical (unpaired) electrons. The van der Waals surface area contributed by atoms with Crippen LogP contribution in [0.1, 0.15) is 5.56 Å². The Labute approximate surface area is 149 Å². The van der Waals surface area contributed by atoms with E-state index in [1.165, 1.54) is 0 Å². The Hall–Kier alpha value is -3.79. The molecular weight excluding hydrogens is 330 g/mol. The lowest BCUT2D eigenvalue weighted by atomic mass is 10.1. The summed E-state index contributed by atoms with van der Waals surface area (Å²) in [6, 6.07) is 11.6. The third-order valence-corrected chi connectivity index (χ3v) is 4.19. The summed E-state index contributed by atoms with van der Waals surface area (Å²) in [7, 11) is 3.16. The zero-order chi connectivity index (χ0) is 18.1. The summed E-state index contributed by atoms with van der Waals surface area (Å²) < 4.78 is 10.8. The van der Waals surface area contributed by atoms with Gasteiger partial charge in [0.2, 0.25) is 0 Å². The van der Waals surface area contributed by atoms with E-state index in [2.05, 4.69) is 26.6 Å². The molecule has 0 aliphatic carbocycles. The van der Waals surface area contributed by atoms with Crippen LogP contribution in [0.4, 0.5) is 11.4 Å². The summed E-state index contributed by atoms with van der Waals surface area (Å²) in [5.41, 5.74) is 3.51. The third-order valence-electron chi connectivity index (χ3n) is 4.19. The first-order chi connectivity index (χ1) is 12.7. The Kier molecular flexibility index (Phi) is 3.78. The van der Waals surface area contributed by atoms with Crippen LogP contribution in [0.25, 0.3) is 21.8 Å². The summed E-state index contributed by atoms with van der Waals surface area (Å²) in [6.45, 7) is 0. The van der Waals surface area contributed by atoms with Crippen molar-refractivity contribution >= 4 is 33.2 Å². The van der Waals surface area contributed by atoms with Gasteiger partial charge in [-0.05, 0) is 18.2 Å². The molecule has 128 valence electrons. The maximum atomic E-state index is 9.55. The van der Waals surface area contributed by atoms with E-state index in [-0.39, 0.29) is 0 Å². The van der Waals surface area contributed by atoms with Gasteiger partial charge >= 0.3 is 0 Å². The summed E-state index contributed by atoms with van der Waals surface area (Å²) in [5.74, 6) is 1.22. The molecule has 2 aromatic carbocycles. The highest BCUT2D eigenvalue weighted by Crippen LogP contribution is 2.38. The minimum Gasteiger partial charge on any atom is -0.497 e. The number of aromatic amines is 1. The largest absolute Gasteiger partial charge is 0.497 e. The van der Waals surface area contributed by atoms with Gasteiger partial charge in [0.25, 0.3) is 0 Å². The van der Waals surface area contributed by atoms with Crippen molar-refractivity contribution in [3.8, 4) is 17.6 Å². The molecule has 0 aliphatic rings. The first-order valence-corrected chi connectivity index (χ1v) is 7.88. The SMILES string of the molecule is COc1cc(OC)c2c(Nc3ccc4[nH]ncc4c3)c(C#N)cnc2c1. The Balaban J connectivity index is 1.92. The fourth-order valence-electron chi connectivity index (χ4n) is 2.92. The van der Waals surface area contributed by atoms with E-state index in [9.17, 15) is 5.26 Å². The lowest BCUT2D eigenvalue weighted by Crippen LogP contribution is -1.99. The van der Waals surface area contributed by atoms with Gasteiger partial charge in [-0.25, -0.2) is 0 Å². The highest BCUT2D eigenvalue weighted by molar-refractivity contribution is 6.01. The number of nitriles is 1. The summed E-state index contributed by atoms with van der Waals surface area (Å²) in [5, 5.41) is 21.5. The molecule has 7 nitrogen and oxygen atoms in total. The van der Waals surface area contributed by atoms with Crippen LogP contribution in [-0.4, -0.2) is 29.4 Å². The molecule has 2 N–H and O–H groups in total. The molecule has 0 saturated carbocycles. The number of fused-ring (bicyclic) bond motifs is 2. The fourth-order valence-corrected chi connectivity index (χ4v) is 2.92. The number of nitrogens with zero attached hydrogens (tertiary/aromatic N) is 3. The Morgan fingerprint density at radius 1 is 1.12 bits per heavy atom. The van der Waals surface area contributed by atoms with Gasteiger partial charge in [-0.1, -0.05) is 0 Å². The van der Waals surface area contributed by atoms with Crippen LogP contribution in [0, 0.1) is 11.3 Å². The highest BCUT2D eigenvalue weighted by atomic mass is 16.5. The van der Waals surface area contributed by atoms with Gasteiger partial charge < -0.3 is 14.8 Å². The summed E-state index contributed by atoms with van der Waals surface area (Å²) in [4.78, 5) is 4.38. The Morgan fingerprint density at radius 3 is 2.77 bits per heavy atom. The monoisotopic (exact) mass is 345 g/mol. The maximum absolute atomic E-state index is 9.55. The van der Waals surface area contributed by atoms with E-state index in [1.54, 1.807) is 32.7 Å². The van der Waals surface area contributed by atoms with Crippen LogP contribution in [0.2, 0.25) is 0 Å². The molecule has 0 amide bonds. The fraction of sp³-hybridized carbons (Fsp3) is 0.105. The molecule has 0 unspecified atom stereocenters. The average Bonchev–Trinajstić information content (AvgIpc) is 3.15. The lowest BCUT2D eigenvalue weighted by molar-refractivity contribution is 0.398. The predicted molar refractivity (Wildman–Crippen MR) is 98.9 cm³/mol. The smallest absolute Gasteiger partial charge is 0.134 e. The molecule has 4 aromatic rings. The number of aromatic nitrogens is 3. The van der Waals surface area contributed by atoms with Crippen LogP contribution in [0.5, 0.6) is 11.5 Å². The number of anilines is 2. The second kappa shape index (κ2) is 6.26. The molecule has 0 atom stereocenters. The molecule has 4 rings (SSSR count). The number of ether oxygens (including phenoxy) is 2. The van der Waals surface area contributed by atoms with Crippen molar-refractivity contribution in [1.29, 1.82) is 5.26 Å². The standard InChI is InChI=1S/C19H15N5O2/c1-25-14-6-16-18(17(7-14)26-2)19(12(8-20)9-21-16)23-13-3-4-15-11(5-13)10-22-24-15/h3-7,9-10H,1-2H3,(H,21,23)(H,22,24). The van der Waals surface area contributed by atoms with Gasteiger partial charge in [0.15, 0.2) is 0 Å². The second-order valence-corrected chi connectivity index (χ2v) is 5.68. The van der Waals surface area contributed by atoms with Gasteiger partial charge in [0, 0.05) is 29.4 Å². The van der Waals surface area contributed by atoms with E-state index in [0.29, 0.717) is 28.3 Å². The molecule has 2 heterocycles. The van der Waals surface area contributed by atoms with Crippen molar-refractivity contribution < 1.29 is 9.47 Å². The molecule has 0 fully saturated rings. The summed E-state index contributed by atoms with van der Waals surface area (Å²) in [6.07, 6.45) is 3.29. The van der Waals surface area contributed by atoms with Gasteiger partial charge in [0.1, 0.15) is 17.6 Å². The third kappa shape index (κ3) is 2.54. The first-order valence-electron chi connectivity index (χ1n) is 7.88. The van der Waals surface area contributed by atoms with Crippen molar-refractivity contribution in [3.05, 3.63) is 48.3 Å². The number of nitrogens with one attached hydrogen (secondary N) is 2. The van der Waals surface area contributed by atoms with Crippen molar-refractivity contribution in [2.75, 3.05) is 19.5 Å². The van der Waals surface area contributed by atoms with Crippen molar-refractivity contribution in [2.24, 2.45) is 0 Å². The Bertz CT molecular complexity index is 1160. The van der Waals surface area contributed by atoms with Gasteiger partial charge in [0.05, 0.1) is 48.1 Å². The van der Waals surface area contributed by atoms with Crippen LogP contribution in [0.3, 0.4) is 0 Å². The van der Waals surface area contributed by atoms with Gasteiger partial charge in [-0.15, -0.1) is 0 Å². The average molecular weight is 345 g/mol. The number of pyridine rings is 1. The molecule has 0 bridgehead atoms. The van der Waals surface area contributed by atoms with Crippen molar-refractivity contribution in [2.45, 2.75) is 0 Å². The molecule has 0 saturated heterocycles. The summed E-state index contributed by atoms with van der Waals surface area (Å²) >= 11 is 0. The van der Waals surface area contributed by atoms with Crippen molar-refractivity contribution in [1.82, 2.24) is 15.2 Å². The second-order valence-electron chi connectivity index (χ2n) is 5.68. The van der Waals surface area contributed by atoms with Crippen LogP contribution < -0.4 is 14.8 Å². The maximum Gasteiger partial charge on any atom is 0.134 e. The van der Waals surface area contributed by atoms with Gasteiger partial charge in [-0.2, -0.15) is 10.4 Å².